The molecule has 2 rings (SSSR count). The van der Waals surface area contributed by atoms with E-state index in [1.807, 2.05) is 5.32 Å². The van der Waals surface area contributed by atoms with Gasteiger partial charge in [0.1, 0.15) is 0 Å². The van der Waals surface area contributed by atoms with Crippen LogP contribution in [-0.4, -0.2) is 23.5 Å². The van der Waals surface area contributed by atoms with E-state index in [9.17, 15) is 22.8 Å². The quantitative estimate of drug-likeness (QED) is 0.873. The van der Waals surface area contributed by atoms with Gasteiger partial charge in [-0.2, -0.15) is 18.4 Å². The summed E-state index contributed by atoms with van der Waals surface area (Å²) in [4.78, 5) is 24.1. The summed E-state index contributed by atoms with van der Waals surface area (Å²) < 4.78 is 40.7. The van der Waals surface area contributed by atoms with Crippen LogP contribution in [0.2, 0.25) is 0 Å². The maximum absolute atomic E-state index is 13.6. The van der Waals surface area contributed by atoms with E-state index in [1.165, 1.54) is 25.1 Å². The number of nitriles is 1. The molecule has 0 bridgehead atoms. The van der Waals surface area contributed by atoms with Gasteiger partial charge in [0.2, 0.25) is 0 Å². The molecule has 120 valence electrons. The molecule has 1 aromatic rings. The van der Waals surface area contributed by atoms with Crippen molar-refractivity contribution in [1.82, 2.24) is 10.6 Å². The van der Waals surface area contributed by atoms with Gasteiger partial charge in [-0.3, -0.25) is 9.59 Å². The molecule has 1 atom stereocenters. The van der Waals surface area contributed by atoms with Gasteiger partial charge in [0.25, 0.3) is 17.4 Å². The van der Waals surface area contributed by atoms with E-state index in [2.05, 4.69) is 0 Å². The molecule has 0 saturated carbocycles. The maximum atomic E-state index is 13.6. The second-order valence-corrected chi connectivity index (χ2v) is 5.13. The number of benzene rings is 1. The molecule has 0 fully saturated rings. The molecule has 0 aromatic heterocycles. The van der Waals surface area contributed by atoms with Gasteiger partial charge in [0.15, 0.2) is 0 Å². The lowest BCUT2D eigenvalue weighted by Crippen LogP contribution is -2.64. The van der Waals surface area contributed by atoms with E-state index in [0.717, 1.165) is 5.56 Å². The van der Waals surface area contributed by atoms with Crippen LogP contribution >= 0.6 is 0 Å². The zero-order valence-electron chi connectivity index (χ0n) is 12.2. The Kier molecular flexibility index (Phi) is 3.90. The van der Waals surface area contributed by atoms with Gasteiger partial charge in [-0.25, -0.2) is 0 Å². The molecule has 2 N–H and O–H groups in total. The lowest BCUT2D eigenvalue weighted by atomic mass is 9.89. The van der Waals surface area contributed by atoms with E-state index in [0.29, 0.717) is 0 Å². The number of allylic oxidation sites excluding steroid dienone is 1. The highest BCUT2D eigenvalue weighted by atomic mass is 19.4. The summed E-state index contributed by atoms with van der Waals surface area (Å²) in [7, 11) is 0. The van der Waals surface area contributed by atoms with Crippen LogP contribution in [0, 0.1) is 18.3 Å². The number of carbonyl (C=O) groups is 2. The first kappa shape index (κ1) is 16.5. The summed E-state index contributed by atoms with van der Waals surface area (Å²) in [5.41, 5.74) is -3.71. The van der Waals surface area contributed by atoms with Crippen LogP contribution in [0.1, 0.15) is 22.8 Å². The second kappa shape index (κ2) is 5.43. The third-order valence-electron chi connectivity index (χ3n) is 3.54. The number of hydrogen-bond acceptors (Lipinski definition) is 3. The van der Waals surface area contributed by atoms with Gasteiger partial charge in [0.05, 0.1) is 11.6 Å². The standard InChI is InChI=1S/C15H12F3N3O2/c1-8-3-5-10(6-4-8)12(22)21-14(15(16,17)18)11(7-19)9(2)20-13(14)23/h3-6H,1-2H3,(H,20,23)(H,21,22)/t14-/m0/s1. The highest BCUT2D eigenvalue weighted by Crippen LogP contribution is 2.40. The van der Waals surface area contributed by atoms with Crippen LogP contribution in [0.5, 0.6) is 0 Å². The fourth-order valence-electron chi connectivity index (χ4n) is 2.30. The number of nitrogens with zero attached hydrogens (tertiary/aromatic N) is 1. The Hall–Kier alpha value is -2.82. The van der Waals surface area contributed by atoms with Crippen molar-refractivity contribution in [1.29, 1.82) is 5.26 Å². The van der Waals surface area contributed by atoms with E-state index >= 15 is 0 Å². The fourth-order valence-corrected chi connectivity index (χ4v) is 2.30. The SMILES string of the molecule is CC1=C(C#N)[C@@](NC(=O)c2ccc(C)cc2)(C(F)(F)F)C(=O)N1. The number of alkyl halides is 3. The minimum Gasteiger partial charge on any atom is -0.326 e. The molecule has 2 amide bonds. The van der Waals surface area contributed by atoms with Crippen molar-refractivity contribution < 1.29 is 22.8 Å². The molecule has 0 aliphatic carbocycles. The van der Waals surface area contributed by atoms with Gasteiger partial charge in [-0.15, -0.1) is 0 Å². The molecule has 8 heteroatoms. The Labute approximate surface area is 129 Å². The molecule has 0 spiro atoms. The van der Waals surface area contributed by atoms with Crippen molar-refractivity contribution in [2.75, 3.05) is 0 Å². The van der Waals surface area contributed by atoms with Gasteiger partial charge in [-0.1, -0.05) is 17.7 Å². The smallest absolute Gasteiger partial charge is 0.326 e. The summed E-state index contributed by atoms with van der Waals surface area (Å²) >= 11 is 0. The first-order valence-electron chi connectivity index (χ1n) is 6.52. The van der Waals surface area contributed by atoms with Crippen molar-refractivity contribution in [2.45, 2.75) is 25.6 Å². The second-order valence-electron chi connectivity index (χ2n) is 5.13. The minimum absolute atomic E-state index is 0.0473. The fraction of sp³-hybridized carbons (Fsp3) is 0.267. The molecule has 23 heavy (non-hydrogen) atoms. The van der Waals surface area contributed by atoms with Crippen molar-refractivity contribution >= 4 is 11.8 Å². The van der Waals surface area contributed by atoms with Crippen LogP contribution in [0.15, 0.2) is 35.5 Å². The molecular weight excluding hydrogens is 311 g/mol. The van der Waals surface area contributed by atoms with Crippen LogP contribution < -0.4 is 10.6 Å². The largest absolute Gasteiger partial charge is 0.425 e. The maximum Gasteiger partial charge on any atom is 0.425 e. The molecule has 0 radical (unpaired) electrons. The van der Waals surface area contributed by atoms with Gasteiger partial charge in [-0.05, 0) is 26.0 Å². The molecule has 1 aliphatic heterocycles. The highest BCUT2D eigenvalue weighted by molar-refractivity contribution is 6.04. The Morgan fingerprint density at radius 2 is 1.83 bits per heavy atom. The van der Waals surface area contributed by atoms with Gasteiger partial charge in [0, 0.05) is 11.3 Å². The summed E-state index contributed by atoms with van der Waals surface area (Å²) in [6.45, 7) is 2.92. The number of nitrogens with one attached hydrogen (secondary N) is 2. The predicted octanol–water partition coefficient (Wildman–Crippen LogP) is 1.95. The number of amides is 2. The third-order valence-corrected chi connectivity index (χ3v) is 3.54. The van der Waals surface area contributed by atoms with Crippen LogP contribution in [-0.2, 0) is 4.79 Å². The molecule has 0 saturated heterocycles. The lowest BCUT2D eigenvalue weighted by Gasteiger charge is -2.30. The molecule has 0 unspecified atom stereocenters. The first-order chi connectivity index (χ1) is 10.6. The summed E-state index contributed by atoms with van der Waals surface area (Å²) in [6, 6.07) is 7.15. The zero-order chi connectivity index (χ0) is 17.4. The highest BCUT2D eigenvalue weighted by Gasteiger charge is 2.67. The van der Waals surface area contributed by atoms with Crippen LogP contribution in [0.3, 0.4) is 0 Å². The van der Waals surface area contributed by atoms with Crippen molar-refractivity contribution in [3.8, 4) is 6.07 Å². The Bertz CT molecular complexity index is 745. The van der Waals surface area contributed by atoms with E-state index < -0.39 is 29.1 Å². The molecule has 1 aromatic carbocycles. The normalized spacial score (nSPS) is 21.0. The van der Waals surface area contributed by atoms with Gasteiger partial charge < -0.3 is 10.6 Å². The predicted molar refractivity (Wildman–Crippen MR) is 73.9 cm³/mol. The van der Waals surface area contributed by atoms with E-state index in [1.54, 1.807) is 24.4 Å². The zero-order valence-corrected chi connectivity index (χ0v) is 12.2. The average Bonchev–Trinajstić information content (AvgIpc) is 2.70. The average molecular weight is 323 g/mol. The molecular formula is C15H12F3N3O2. The van der Waals surface area contributed by atoms with E-state index in [4.69, 9.17) is 5.26 Å². The molecule has 1 aliphatic rings. The monoisotopic (exact) mass is 323 g/mol. The summed E-state index contributed by atoms with van der Waals surface area (Å²) in [5, 5.41) is 12.7. The first-order valence-corrected chi connectivity index (χ1v) is 6.52. The summed E-state index contributed by atoms with van der Waals surface area (Å²) in [6.07, 6.45) is -5.17. The topological polar surface area (TPSA) is 82.0 Å². The Morgan fingerprint density at radius 1 is 1.26 bits per heavy atom. The number of rotatable bonds is 2. The Balaban J connectivity index is 2.50. The third kappa shape index (κ3) is 2.54. The number of carbonyl (C=O) groups excluding carboxylic acids is 2. The van der Waals surface area contributed by atoms with Crippen LogP contribution in [0.25, 0.3) is 0 Å². The van der Waals surface area contributed by atoms with Gasteiger partial charge >= 0.3 is 6.18 Å². The molecule has 1 heterocycles. The number of hydrogen-bond donors (Lipinski definition) is 2. The minimum atomic E-state index is -5.17. The Morgan fingerprint density at radius 3 is 2.30 bits per heavy atom. The number of aryl methyl sites for hydroxylation is 1. The van der Waals surface area contributed by atoms with Crippen LogP contribution in [0.4, 0.5) is 13.2 Å². The van der Waals surface area contributed by atoms with Crippen molar-refractivity contribution in [3.05, 3.63) is 46.7 Å². The van der Waals surface area contributed by atoms with E-state index in [-0.39, 0.29) is 11.3 Å². The van der Waals surface area contributed by atoms with Crippen molar-refractivity contribution in [3.63, 3.8) is 0 Å². The number of halogens is 3. The lowest BCUT2D eigenvalue weighted by molar-refractivity contribution is -0.184. The summed E-state index contributed by atoms with van der Waals surface area (Å²) in [5.74, 6) is -2.60. The van der Waals surface area contributed by atoms with Crippen molar-refractivity contribution in [2.24, 2.45) is 0 Å². The molecule has 5 nitrogen and oxygen atoms in total.